The molecule has 0 saturated heterocycles. The maximum atomic E-state index is 13.2. The average molecular weight is 540 g/mol. The Hall–Kier alpha value is -4.02. The molecule has 0 fully saturated rings. The first-order valence-electron chi connectivity index (χ1n) is 12.8. The first-order valence-corrected chi connectivity index (χ1v) is 12.8. The van der Waals surface area contributed by atoms with Gasteiger partial charge in [-0.25, -0.2) is 0 Å². The Bertz CT molecular complexity index is 1130. The van der Waals surface area contributed by atoms with Crippen LogP contribution in [-0.2, 0) is 28.7 Å². The maximum Gasteiger partial charge on any atom is 0.306 e. The van der Waals surface area contributed by atoms with Crippen molar-refractivity contribution < 1.29 is 33.8 Å². The van der Waals surface area contributed by atoms with Gasteiger partial charge in [0.2, 0.25) is 11.8 Å². The van der Waals surface area contributed by atoms with Gasteiger partial charge in [-0.15, -0.1) is 13.2 Å². The third-order valence-electron chi connectivity index (χ3n) is 5.67. The molecule has 0 radical (unpaired) electrons. The van der Waals surface area contributed by atoms with Gasteiger partial charge in [-0.1, -0.05) is 42.5 Å². The van der Waals surface area contributed by atoms with Gasteiger partial charge in [0.1, 0.15) is 12.6 Å². The zero-order valence-corrected chi connectivity index (χ0v) is 22.0. The summed E-state index contributed by atoms with van der Waals surface area (Å²) in [7, 11) is 0. The van der Waals surface area contributed by atoms with Gasteiger partial charge in [0.25, 0.3) is 5.91 Å². The van der Waals surface area contributed by atoms with Crippen LogP contribution >= 0.6 is 0 Å². The summed E-state index contributed by atoms with van der Waals surface area (Å²) in [5.74, 6) is -2.83. The highest BCUT2D eigenvalue weighted by Gasteiger charge is 2.28. The summed E-state index contributed by atoms with van der Waals surface area (Å²) in [4.78, 5) is 50.7. The Kier molecular flexibility index (Phi) is 14.0. The molecule has 0 spiro atoms. The Morgan fingerprint density at radius 3 is 2.46 bits per heavy atom. The Labute approximate surface area is 228 Å². The normalized spacial score (nSPS) is 12.1. The lowest BCUT2D eigenvalue weighted by molar-refractivity contribution is -0.146. The average Bonchev–Trinajstić information content (AvgIpc) is 2.93. The minimum absolute atomic E-state index is 0.0950. The second-order valence-electron chi connectivity index (χ2n) is 8.73. The maximum absolute atomic E-state index is 13.2. The van der Waals surface area contributed by atoms with Crippen LogP contribution in [0.4, 0.5) is 5.69 Å². The van der Waals surface area contributed by atoms with Crippen LogP contribution in [0.1, 0.15) is 25.7 Å². The molecule has 0 aliphatic carbocycles. The largest absolute Gasteiger partial charge is 0.463 e. The fraction of sp³-hybridized carbons (Fsp3) is 0.379. The summed E-state index contributed by atoms with van der Waals surface area (Å²) in [6.07, 6.45) is 3.66. The molecular weight excluding hydrogens is 502 g/mol. The van der Waals surface area contributed by atoms with Gasteiger partial charge in [0.15, 0.2) is 0 Å². The van der Waals surface area contributed by atoms with Crippen LogP contribution in [0.3, 0.4) is 0 Å². The number of allylic oxidation sites excluding steroid dienone is 2. The number of carbonyl (C=O) groups excluding carboxylic acids is 4. The van der Waals surface area contributed by atoms with Crippen LogP contribution in [0.15, 0.2) is 67.8 Å². The van der Waals surface area contributed by atoms with Crippen LogP contribution in [0.25, 0.3) is 10.8 Å². The van der Waals surface area contributed by atoms with E-state index >= 15 is 0 Å². The monoisotopic (exact) mass is 539 g/mol. The van der Waals surface area contributed by atoms with Gasteiger partial charge in [-0.05, 0) is 35.7 Å². The molecule has 2 aromatic carbocycles. The van der Waals surface area contributed by atoms with E-state index in [9.17, 15) is 19.2 Å². The van der Waals surface area contributed by atoms with E-state index in [0.717, 1.165) is 10.8 Å². The molecule has 0 aliphatic heterocycles. The number of amides is 3. The number of nitrogens with one attached hydrogen (secondary N) is 3. The molecule has 4 N–H and O–H groups in total. The lowest BCUT2D eigenvalue weighted by Gasteiger charge is -2.22. The number of hydrogen-bond acceptors (Lipinski definition) is 7. The predicted molar refractivity (Wildman–Crippen MR) is 149 cm³/mol. The number of fused-ring (bicyclic) bond motifs is 1. The fourth-order valence-corrected chi connectivity index (χ4v) is 3.65. The van der Waals surface area contributed by atoms with Crippen LogP contribution in [0.2, 0.25) is 0 Å². The molecule has 0 heterocycles. The molecule has 2 aromatic rings. The number of benzene rings is 2. The van der Waals surface area contributed by atoms with E-state index in [1.807, 2.05) is 30.3 Å². The Balaban J connectivity index is 2.08. The summed E-state index contributed by atoms with van der Waals surface area (Å²) in [5, 5.41) is 18.7. The zero-order chi connectivity index (χ0) is 28.5. The number of ether oxygens (including phenoxy) is 2. The number of anilines is 1. The molecular formula is C29H37N3O7. The van der Waals surface area contributed by atoms with Gasteiger partial charge in [0, 0.05) is 25.1 Å². The number of aliphatic hydroxyl groups excluding tert-OH is 1. The molecule has 39 heavy (non-hydrogen) atoms. The lowest BCUT2D eigenvalue weighted by Crippen LogP contribution is -2.49. The predicted octanol–water partition coefficient (Wildman–Crippen LogP) is 2.48. The van der Waals surface area contributed by atoms with Crippen molar-refractivity contribution in [3.8, 4) is 0 Å². The molecule has 2 atom stereocenters. The third kappa shape index (κ3) is 11.5. The number of esters is 1. The number of aliphatic hydroxyl groups is 1. The van der Waals surface area contributed by atoms with Crippen molar-refractivity contribution in [2.45, 2.75) is 31.7 Å². The fourth-order valence-electron chi connectivity index (χ4n) is 3.65. The summed E-state index contributed by atoms with van der Waals surface area (Å²) < 4.78 is 10.4. The topological polar surface area (TPSA) is 143 Å². The highest BCUT2D eigenvalue weighted by Crippen LogP contribution is 2.19. The number of rotatable bonds is 18. The van der Waals surface area contributed by atoms with Crippen LogP contribution < -0.4 is 16.0 Å². The minimum atomic E-state index is -1.20. The highest BCUT2D eigenvalue weighted by atomic mass is 16.5. The molecule has 0 bridgehead atoms. The molecule has 3 amide bonds. The Morgan fingerprint density at radius 1 is 0.974 bits per heavy atom. The molecule has 10 heteroatoms. The van der Waals surface area contributed by atoms with Crippen LogP contribution in [0, 0.1) is 5.92 Å². The van der Waals surface area contributed by atoms with Crippen molar-refractivity contribution in [2.24, 2.45) is 5.92 Å². The zero-order valence-electron chi connectivity index (χ0n) is 22.0. The SMILES string of the molecule is C=CCCC(=O)OC[C@H](NC(=O)[C@@H](CC=C)CC(=O)NCCOCCO)C(=O)Nc1ccc2ccccc2c1. The Morgan fingerprint density at radius 2 is 1.74 bits per heavy atom. The van der Waals surface area contributed by atoms with Crippen molar-refractivity contribution in [3.63, 3.8) is 0 Å². The summed E-state index contributed by atoms with van der Waals surface area (Å²) >= 11 is 0. The van der Waals surface area contributed by atoms with Crippen molar-refractivity contribution in [1.82, 2.24) is 10.6 Å². The van der Waals surface area contributed by atoms with E-state index in [2.05, 4.69) is 29.1 Å². The number of carbonyl (C=O) groups is 4. The molecule has 0 aromatic heterocycles. The second kappa shape index (κ2) is 17.5. The second-order valence-corrected chi connectivity index (χ2v) is 8.73. The van der Waals surface area contributed by atoms with E-state index in [1.54, 1.807) is 18.2 Å². The van der Waals surface area contributed by atoms with E-state index in [-0.39, 0.29) is 58.1 Å². The van der Waals surface area contributed by atoms with Gasteiger partial charge >= 0.3 is 5.97 Å². The quantitative estimate of drug-likeness (QED) is 0.129. The minimum Gasteiger partial charge on any atom is -0.463 e. The highest BCUT2D eigenvalue weighted by molar-refractivity contribution is 5.99. The van der Waals surface area contributed by atoms with E-state index in [4.69, 9.17) is 14.6 Å². The summed E-state index contributed by atoms with van der Waals surface area (Å²) in [6, 6.07) is 11.9. The molecule has 0 aliphatic rings. The van der Waals surface area contributed by atoms with Gasteiger partial charge in [-0.2, -0.15) is 0 Å². The molecule has 2 rings (SSSR count). The van der Waals surface area contributed by atoms with E-state index < -0.39 is 29.7 Å². The van der Waals surface area contributed by atoms with Crippen LogP contribution in [-0.4, -0.2) is 67.8 Å². The van der Waals surface area contributed by atoms with E-state index in [0.29, 0.717) is 12.1 Å². The lowest BCUT2D eigenvalue weighted by atomic mass is 9.99. The molecule has 210 valence electrons. The first-order chi connectivity index (χ1) is 18.9. The van der Waals surface area contributed by atoms with Crippen LogP contribution in [0.5, 0.6) is 0 Å². The van der Waals surface area contributed by atoms with Crippen molar-refractivity contribution in [1.29, 1.82) is 0 Å². The standard InChI is InChI=1S/C29H37N3O7/c1-3-5-11-27(35)39-20-25(29(37)31-24-13-12-21-9-6-7-10-22(21)18-24)32-28(36)23(8-4-2)19-26(34)30-14-16-38-17-15-33/h3-4,6-7,9-10,12-13,18,23,25,33H,1-2,5,8,11,14-17,19-20H2,(H,30,34)(H,31,37)(H,32,36)/t23-,25-/m0/s1. The molecule has 10 nitrogen and oxygen atoms in total. The van der Waals surface area contributed by atoms with Gasteiger partial charge < -0.3 is 30.5 Å². The van der Waals surface area contributed by atoms with Crippen molar-refractivity contribution in [3.05, 3.63) is 67.8 Å². The van der Waals surface area contributed by atoms with Gasteiger partial charge in [-0.3, -0.25) is 19.2 Å². The van der Waals surface area contributed by atoms with Crippen molar-refractivity contribution in [2.75, 3.05) is 38.3 Å². The molecule has 0 saturated carbocycles. The van der Waals surface area contributed by atoms with Crippen molar-refractivity contribution >= 4 is 40.2 Å². The van der Waals surface area contributed by atoms with Gasteiger partial charge in [0.05, 0.1) is 25.7 Å². The smallest absolute Gasteiger partial charge is 0.306 e. The molecule has 0 unspecified atom stereocenters. The first kappa shape index (κ1) is 31.2. The third-order valence-corrected chi connectivity index (χ3v) is 5.67. The summed E-state index contributed by atoms with van der Waals surface area (Å²) in [5.41, 5.74) is 0.515. The van der Waals surface area contributed by atoms with E-state index in [1.165, 1.54) is 6.08 Å². The number of hydrogen-bond donors (Lipinski definition) is 4. The summed E-state index contributed by atoms with van der Waals surface area (Å²) in [6.45, 7) is 7.34.